The Labute approximate surface area is 355 Å². The smallest absolute Gasteiger partial charge is 0.204 e. The lowest BCUT2D eigenvalue weighted by Gasteiger charge is -2.46. The number of benzene rings is 4. The van der Waals surface area contributed by atoms with Gasteiger partial charge in [0.1, 0.15) is 17.6 Å². The van der Waals surface area contributed by atoms with Crippen LogP contribution in [0.25, 0.3) is 0 Å². The summed E-state index contributed by atoms with van der Waals surface area (Å²) in [6, 6.07) is 53.8. The lowest BCUT2D eigenvalue weighted by Crippen LogP contribution is -2.66. The molecule has 6 aromatic rings. The van der Waals surface area contributed by atoms with Crippen molar-refractivity contribution in [2.75, 3.05) is 0 Å². The molecule has 2 N–H and O–H groups in total. The van der Waals surface area contributed by atoms with Gasteiger partial charge in [0, 0.05) is 11.3 Å². The zero-order valence-corrected chi connectivity index (χ0v) is 36.9. The molecule has 0 saturated heterocycles. The van der Waals surface area contributed by atoms with Crippen molar-refractivity contribution in [2.24, 2.45) is 16.1 Å². The fraction of sp³-hybridized carbons (Fsp3) is 0.212. The van der Waals surface area contributed by atoms with Gasteiger partial charge in [-0.1, -0.05) is 169 Å². The molecule has 2 aromatic heterocycles. The minimum atomic E-state index is -3.29. The van der Waals surface area contributed by atoms with E-state index in [-0.39, 0.29) is 5.04 Å². The molecular weight excluding hydrogens is 769 g/mol. The van der Waals surface area contributed by atoms with Gasteiger partial charge >= 0.3 is 0 Å². The number of nitriles is 2. The Balaban J connectivity index is 1.60. The molecule has 1 aliphatic carbocycles. The molecule has 296 valence electrons. The van der Waals surface area contributed by atoms with E-state index in [4.69, 9.17) is 19.6 Å². The first-order chi connectivity index (χ1) is 28.9. The Morgan fingerprint density at radius 3 is 1.45 bits per heavy atom. The van der Waals surface area contributed by atoms with Gasteiger partial charge < -0.3 is 14.6 Å². The molecule has 3 heterocycles. The van der Waals surface area contributed by atoms with Crippen molar-refractivity contribution in [2.45, 2.75) is 63.6 Å². The summed E-state index contributed by atoms with van der Waals surface area (Å²) in [5, 5.41) is 27.6. The third-order valence-corrected chi connectivity index (χ3v) is 23.6. The molecule has 8 heteroatoms. The van der Waals surface area contributed by atoms with Crippen LogP contribution in [0.3, 0.4) is 0 Å². The second kappa shape index (κ2) is 15.2. The van der Waals surface area contributed by atoms with E-state index in [2.05, 4.69) is 174 Å². The van der Waals surface area contributed by atoms with Crippen LogP contribution in [0.5, 0.6) is 0 Å². The lowest BCUT2D eigenvalue weighted by atomic mass is 9.64. The second-order valence-electron chi connectivity index (χ2n) is 17.7. The number of hydrogen-bond acceptors (Lipinski definition) is 6. The van der Waals surface area contributed by atoms with E-state index >= 15 is 0 Å². The van der Waals surface area contributed by atoms with Crippen LogP contribution < -0.4 is 26.5 Å². The molecular formula is C52H48N4O2Si2. The van der Waals surface area contributed by atoms with Crippen LogP contribution >= 0.6 is 0 Å². The number of furan rings is 2. The Hall–Kier alpha value is -6.64. The Bertz CT molecular complexity index is 2660. The third-order valence-electron chi connectivity index (χ3n) is 12.6. The summed E-state index contributed by atoms with van der Waals surface area (Å²) in [7, 11) is -6.30. The zero-order chi connectivity index (χ0) is 42.3. The Morgan fingerprint density at radius 1 is 0.600 bits per heavy atom. The van der Waals surface area contributed by atoms with E-state index in [1.807, 2.05) is 18.2 Å². The standard InChI is InChI=1S/C52H48N4O2Si2/c1-50(2,3)59(37-21-11-7-12-22-37,38-23-13-8-14-24-38)34-31-41-47-44(45(42-29-19-32-57-42)52(35-53,36-54)49(56-47)43-30-20-33-58-43)46(55)48(41)60(51(4,5)6,39-25-15-9-16-26-39)40-27-17-10-18-28-40/h7-30,32-33,45,49H,55H2,1-6H3/t45-,49+/m1/s1. The van der Waals surface area contributed by atoms with Crippen LogP contribution in [0.4, 0.5) is 0 Å². The first kappa shape index (κ1) is 40.2. The summed E-state index contributed by atoms with van der Waals surface area (Å²) in [4.78, 5) is 5.49. The topological polar surface area (TPSA) is 112 Å². The van der Waals surface area contributed by atoms with Gasteiger partial charge in [0.25, 0.3) is 0 Å². The van der Waals surface area contributed by atoms with Crippen molar-refractivity contribution in [1.82, 2.24) is 0 Å². The maximum atomic E-state index is 11.3. The summed E-state index contributed by atoms with van der Waals surface area (Å²) in [5.74, 6) is 3.89. The Morgan fingerprint density at radius 2 is 1.05 bits per heavy atom. The van der Waals surface area contributed by atoms with E-state index in [1.165, 1.54) is 10.4 Å². The molecule has 8 rings (SSSR count). The average Bonchev–Trinajstić information content (AvgIpc) is 4.04. The summed E-state index contributed by atoms with van der Waals surface area (Å²) in [6.07, 6.45) is 3.13. The van der Waals surface area contributed by atoms with Crippen LogP contribution in [0, 0.1) is 39.5 Å². The molecule has 4 aromatic carbocycles. The van der Waals surface area contributed by atoms with Crippen molar-refractivity contribution < 1.29 is 8.83 Å². The van der Waals surface area contributed by atoms with Gasteiger partial charge in [0.2, 0.25) is 8.07 Å². The number of rotatable bonds is 7. The summed E-state index contributed by atoms with van der Waals surface area (Å²) in [5.41, 5.74) is 12.6. The quantitative estimate of drug-likeness (QED) is 0.128. The van der Waals surface area contributed by atoms with Gasteiger partial charge in [-0.3, -0.25) is 4.99 Å². The molecule has 2 atom stereocenters. The zero-order valence-electron chi connectivity index (χ0n) is 34.9. The highest BCUT2D eigenvalue weighted by molar-refractivity contribution is 7.11. The number of hydrogen-bond donors (Lipinski definition) is 1. The largest absolute Gasteiger partial charge is 0.469 e. The van der Waals surface area contributed by atoms with E-state index in [9.17, 15) is 10.5 Å². The molecule has 0 fully saturated rings. The number of aliphatic imine (C=N–C) groups is 1. The van der Waals surface area contributed by atoms with Crippen molar-refractivity contribution >= 4 is 42.6 Å². The number of nitrogens with zero attached hydrogens (tertiary/aromatic N) is 3. The summed E-state index contributed by atoms with van der Waals surface area (Å²) in [6.45, 7) is 13.8. The minimum Gasteiger partial charge on any atom is -0.469 e. The minimum absolute atomic E-state index is 0.278. The molecule has 1 aliphatic heterocycles. The second-order valence-corrected chi connectivity index (χ2v) is 26.8. The van der Waals surface area contributed by atoms with Crippen LogP contribution in [0.1, 0.15) is 65.0 Å². The average molecular weight is 817 g/mol. The lowest BCUT2D eigenvalue weighted by molar-refractivity contribution is 0.290. The van der Waals surface area contributed by atoms with Crippen molar-refractivity contribution in [3.05, 3.63) is 192 Å². The van der Waals surface area contributed by atoms with Crippen molar-refractivity contribution in [3.8, 4) is 23.6 Å². The maximum Gasteiger partial charge on any atom is 0.204 e. The predicted octanol–water partition coefficient (Wildman–Crippen LogP) is 8.92. The Kier molecular flexibility index (Phi) is 10.2. The van der Waals surface area contributed by atoms with Crippen LogP contribution in [0.2, 0.25) is 10.1 Å². The normalized spacial score (nSPS) is 17.8. The van der Waals surface area contributed by atoms with E-state index in [1.54, 1.807) is 30.7 Å². The molecule has 60 heavy (non-hydrogen) atoms. The molecule has 0 radical (unpaired) electrons. The first-order valence-corrected chi connectivity index (χ1v) is 24.3. The summed E-state index contributed by atoms with van der Waals surface area (Å²) < 4.78 is 12.3. The predicted molar refractivity (Wildman–Crippen MR) is 245 cm³/mol. The van der Waals surface area contributed by atoms with Crippen molar-refractivity contribution in [3.63, 3.8) is 0 Å². The van der Waals surface area contributed by atoms with Crippen molar-refractivity contribution in [1.29, 1.82) is 10.5 Å². The van der Waals surface area contributed by atoms with Gasteiger partial charge in [0.05, 0.1) is 41.9 Å². The number of fused-ring (bicyclic) bond motifs is 1. The fourth-order valence-corrected chi connectivity index (χ4v) is 20.3. The maximum absolute atomic E-state index is 11.3. The highest BCUT2D eigenvalue weighted by Gasteiger charge is 2.62. The van der Waals surface area contributed by atoms with Gasteiger partial charge in [-0.25, -0.2) is 0 Å². The molecule has 2 aliphatic rings. The van der Waals surface area contributed by atoms with Gasteiger partial charge in [-0.05, 0) is 60.3 Å². The van der Waals surface area contributed by atoms with E-state index in [0.29, 0.717) is 28.5 Å². The van der Waals surface area contributed by atoms with Gasteiger partial charge in [-0.2, -0.15) is 10.5 Å². The summed E-state index contributed by atoms with van der Waals surface area (Å²) >= 11 is 0. The first-order valence-electron chi connectivity index (χ1n) is 20.3. The van der Waals surface area contributed by atoms with Crippen LogP contribution in [-0.4, -0.2) is 21.9 Å². The van der Waals surface area contributed by atoms with Crippen LogP contribution in [0.15, 0.2) is 194 Å². The highest BCUT2D eigenvalue weighted by Crippen LogP contribution is 2.59. The van der Waals surface area contributed by atoms with Gasteiger partial charge in [0.15, 0.2) is 13.5 Å². The van der Waals surface area contributed by atoms with Crippen LogP contribution in [-0.2, 0) is 0 Å². The molecule has 0 bridgehead atoms. The highest BCUT2D eigenvalue weighted by atomic mass is 28.3. The van der Waals surface area contributed by atoms with E-state index < -0.39 is 38.6 Å². The molecule has 0 saturated carbocycles. The van der Waals surface area contributed by atoms with Gasteiger partial charge in [-0.15, -0.1) is 5.54 Å². The fourth-order valence-electron chi connectivity index (χ4n) is 10.0. The monoisotopic (exact) mass is 816 g/mol. The number of allylic oxidation sites excluding steroid dienone is 3. The number of nitrogens with two attached hydrogens (primary N) is 1. The molecule has 6 nitrogen and oxygen atoms in total. The third kappa shape index (κ3) is 6.00. The molecule has 0 amide bonds. The molecule has 0 unspecified atom stereocenters. The molecule has 0 spiro atoms. The van der Waals surface area contributed by atoms with E-state index in [0.717, 1.165) is 21.1 Å². The SMILES string of the molecule is CC(C)(C)[Si](C#CC1=C([Si](c2ccccc2)(c2ccccc2)C(C)(C)C)C(N)=C2C1=N[C@@H](c1ccco1)C(C#N)(C#N)[C@@H]2c1ccco1)(c1ccccc1)c1ccccc1.